The Balaban J connectivity index is 2.42. The molecule has 6 heteroatoms. The van der Waals surface area contributed by atoms with E-state index in [9.17, 15) is 14.3 Å². The lowest BCUT2D eigenvalue weighted by atomic mass is 10.1. The first kappa shape index (κ1) is 12.3. The average molecular weight is 249 g/mol. The Labute approximate surface area is 103 Å². The van der Waals surface area contributed by atoms with E-state index in [1.54, 1.807) is 18.3 Å². The van der Waals surface area contributed by atoms with Crippen molar-refractivity contribution in [3.63, 3.8) is 0 Å². The molecule has 5 nitrogen and oxygen atoms in total. The predicted molar refractivity (Wildman–Crippen MR) is 62.4 cm³/mol. The van der Waals surface area contributed by atoms with Gasteiger partial charge in [-0.1, -0.05) is 12.1 Å². The van der Waals surface area contributed by atoms with E-state index in [2.05, 4.69) is 4.98 Å². The van der Waals surface area contributed by atoms with E-state index in [-0.39, 0.29) is 18.2 Å². The van der Waals surface area contributed by atoms with E-state index in [4.69, 9.17) is 5.73 Å². The third kappa shape index (κ3) is 2.23. The number of halogens is 1. The Morgan fingerprint density at radius 2 is 2.11 bits per heavy atom. The summed E-state index contributed by atoms with van der Waals surface area (Å²) in [6, 6.07) is 5.15. The van der Waals surface area contributed by atoms with Gasteiger partial charge in [0.05, 0.1) is 12.6 Å². The number of aliphatic hydroxyl groups excluding tert-OH is 1. The van der Waals surface area contributed by atoms with Gasteiger partial charge in [-0.2, -0.15) is 0 Å². The minimum absolute atomic E-state index is 0.0541. The minimum Gasteiger partial charge on any atom is -0.394 e. The van der Waals surface area contributed by atoms with Crippen molar-refractivity contribution in [2.24, 2.45) is 5.73 Å². The topological polar surface area (TPSA) is 81.1 Å². The SMILES string of the molecule is NC(=O)c1nccn1C(CO)c1ccc(F)cc1. The van der Waals surface area contributed by atoms with E-state index in [0.29, 0.717) is 5.56 Å². The molecule has 0 radical (unpaired) electrons. The lowest BCUT2D eigenvalue weighted by Crippen LogP contribution is -2.23. The zero-order valence-corrected chi connectivity index (χ0v) is 9.45. The van der Waals surface area contributed by atoms with Crippen LogP contribution in [0.15, 0.2) is 36.7 Å². The number of benzene rings is 1. The average Bonchev–Trinajstić information content (AvgIpc) is 2.82. The van der Waals surface area contributed by atoms with Crippen molar-refractivity contribution in [1.82, 2.24) is 9.55 Å². The molecule has 18 heavy (non-hydrogen) atoms. The first-order valence-corrected chi connectivity index (χ1v) is 5.32. The van der Waals surface area contributed by atoms with Gasteiger partial charge in [-0.3, -0.25) is 4.79 Å². The molecule has 0 bridgehead atoms. The van der Waals surface area contributed by atoms with Gasteiger partial charge >= 0.3 is 0 Å². The van der Waals surface area contributed by atoms with Gasteiger partial charge in [0.15, 0.2) is 5.82 Å². The quantitative estimate of drug-likeness (QED) is 0.837. The normalized spacial score (nSPS) is 12.3. The maximum absolute atomic E-state index is 12.8. The molecule has 0 aliphatic heterocycles. The number of amides is 1. The second kappa shape index (κ2) is 4.97. The number of hydrogen-bond acceptors (Lipinski definition) is 3. The molecule has 0 saturated carbocycles. The number of rotatable bonds is 4. The Bertz CT molecular complexity index is 551. The standard InChI is InChI=1S/C12H12FN3O2/c13-9-3-1-8(2-4-9)10(7-17)16-6-5-15-12(16)11(14)18/h1-6,10,17H,7H2,(H2,14,18). The second-order valence-electron chi connectivity index (χ2n) is 3.77. The number of aliphatic hydroxyl groups is 1. The second-order valence-corrected chi connectivity index (χ2v) is 3.77. The van der Waals surface area contributed by atoms with Gasteiger partial charge in [0.2, 0.25) is 0 Å². The van der Waals surface area contributed by atoms with Gasteiger partial charge in [0, 0.05) is 12.4 Å². The molecule has 2 aromatic rings. The smallest absolute Gasteiger partial charge is 0.284 e. The van der Waals surface area contributed by atoms with Gasteiger partial charge in [-0.25, -0.2) is 9.37 Å². The van der Waals surface area contributed by atoms with Crippen molar-refractivity contribution in [2.75, 3.05) is 6.61 Å². The van der Waals surface area contributed by atoms with E-state index in [1.165, 1.54) is 22.9 Å². The Kier molecular flexibility index (Phi) is 3.38. The summed E-state index contributed by atoms with van der Waals surface area (Å²) in [6.07, 6.45) is 2.97. The van der Waals surface area contributed by atoms with Crippen LogP contribution in [0.4, 0.5) is 4.39 Å². The molecule has 0 aliphatic rings. The third-order valence-corrected chi connectivity index (χ3v) is 2.65. The summed E-state index contributed by atoms with van der Waals surface area (Å²) in [4.78, 5) is 15.0. The van der Waals surface area contributed by atoms with Crippen LogP contribution in [0.2, 0.25) is 0 Å². The fourth-order valence-corrected chi connectivity index (χ4v) is 1.79. The number of imidazole rings is 1. The number of hydrogen-bond donors (Lipinski definition) is 2. The van der Waals surface area contributed by atoms with Crippen LogP contribution in [0, 0.1) is 5.82 Å². The summed E-state index contributed by atoms with van der Waals surface area (Å²) in [5, 5.41) is 9.43. The van der Waals surface area contributed by atoms with Crippen LogP contribution in [0.3, 0.4) is 0 Å². The van der Waals surface area contributed by atoms with E-state index >= 15 is 0 Å². The summed E-state index contributed by atoms with van der Waals surface area (Å²) in [7, 11) is 0. The molecule has 0 aliphatic carbocycles. The molecular formula is C12H12FN3O2. The van der Waals surface area contributed by atoms with Crippen molar-refractivity contribution in [3.8, 4) is 0 Å². The summed E-state index contributed by atoms with van der Waals surface area (Å²) >= 11 is 0. The molecule has 1 aromatic heterocycles. The molecule has 1 amide bonds. The summed E-state index contributed by atoms with van der Waals surface area (Å²) in [6.45, 7) is -0.248. The highest BCUT2D eigenvalue weighted by atomic mass is 19.1. The van der Waals surface area contributed by atoms with E-state index < -0.39 is 11.9 Å². The molecule has 1 atom stereocenters. The Morgan fingerprint density at radius 3 is 2.67 bits per heavy atom. The first-order valence-electron chi connectivity index (χ1n) is 5.32. The third-order valence-electron chi connectivity index (χ3n) is 2.65. The Hall–Kier alpha value is -2.21. The maximum Gasteiger partial charge on any atom is 0.284 e. The molecule has 0 saturated heterocycles. The largest absolute Gasteiger partial charge is 0.394 e. The van der Waals surface area contributed by atoms with Crippen LogP contribution in [0.25, 0.3) is 0 Å². The van der Waals surface area contributed by atoms with E-state index in [0.717, 1.165) is 0 Å². The predicted octanol–water partition coefficient (Wildman–Crippen LogP) is 0.703. The summed E-state index contributed by atoms with van der Waals surface area (Å²) in [5.74, 6) is -0.991. The lowest BCUT2D eigenvalue weighted by Gasteiger charge is -2.18. The molecule has 2 rings (SSSR count). The highest BCUT2D eigenvalue weighted by Gasteiger charge is 2.18. The van der Waals surface area contributed by atoms with Crippen molar-refractivity contribution in [3.05, 3.63) is 53.9 Å². The number of primary amides is 1. The maximum atomic E-state index is 12.8. The number of nitrogens with two attached hydrogens (primary N) is 1. The number of nitrogens with zero attached hydrogens (tertiary/aromatic N) is 2. The molecule has 3 N–H and O–H groups in total. The van der Waals surface area contributed by atoms with Gasteiger partial charge in [0.25, 0.3) is 5.91 Å². The number of aromatic nitrogens is 2. The first-order chi connectivity index (χ1) is 8.63. The van der Waals surface area contributed by atoms with Gasteiger partial charge in [-0.15, -0.1) is 0 Å². The summed E-state index contributed by atoms with van der Waals surface area (Å²) < 4.78 is 14.3. The van der Waals surface area contributed by atoms with Crippen LogP contribution in [-0.4, -0.2) is 27.2 Å². The van der Waals surface area contributed by atoms with Gasteiger partial charge in [-0.05, 0) is 17.7 Å². The Morgan fingerprint density at radius 1 is 1.44 bits per heavy atom. The van der Waals surface area contributed by atoms with Crippen LogP contribution in [0.5, 0.6) is 0 Å². The molecule has 1 aromatic carbocycles. The van der Waals surface area contributed by atoms with Crippen molar-refractivity contribution in [1.29, 1.82) is 0 Å². The lowest BCUT2D eigenvalue weighted by molar-refractivity contribution is 0.0983. The fourth-order valence-electron chi connectivity index (χ4n) is 1.79. The van der Waals surface area contributed by atoms with Crippen molar-refractivity contribution in [2.45, 2.75) is 6.04 Å². The summed E-state index contributed by atoms with van der Waals surface area (Å²) in [5.41, 5.74) is 5.86. The van der Waals surface area contributed by atoms with Crippen LogP contribution in [0.1, 0.15) is 22.2 Å². The monoisotopic (exact) mass is 249 g/mol. The van der Waals surface area contributed by atoms with Gasteiger partial charge in [0.1, 0.15) is 5.82 Å². The molecule has 1 unspecified atom stereocenters. The van der Waals surface area contributed by atoms with Crippen LogP contribution >= 0.6 is 0 Å². The fraction of sp³-hybridized carbons (Fsp3) is 0.167. The van der Waals surface area contributed by atoms with E-state index in [1.807, 2.05) is 0 Å². The molecular weight excluding hydrogens is 237 g/mol. The highest BCUT2D eigenvalue weighted by Crippen LogP contribution is 2.19. The number of carbonyl (C=O) groups excluding carboxylic acids is 1. The zero-order valence-electron chi connectivity index (χ0n) is 9.45. The van der Waals surface area contributed by atoms with Crippen LogP contribution < -0.4 is 5.73 Å². The van der Waals surface area contributed by atoms with Gasteiger partial charge < -0.3 is 15.4 Å². The number of carbonyl (C=O) groups is 1. The van der Waals surface area contributed by atoms with Crippen LogP contribution in [-0.2, 0) is 0 Å². The zero-order chi connectivity index (χ0) is 13.1. The highest BCUT2D eigenvalue weighted by molar-refractivity contribution is 5.89. The minimum atomic E-state index is -0.680. The molecule has 1 heterocycles. The molecule has 0 fully saturated rings. The molecule has 0 spiro atoms. The van der Waals surface area contributed by atoms with Crippen molar-refractivity contribution < 1.29 is 14.3 Å². The van der Waals surface area contributed by atoms with Crippen molar-refractivity contribution >= 4 is 5.91 Å². The molecule has 94 valence electrons.